The molecular weight excluding hydrogens is 304 g/mol. The summed E-state index contributed by atoms with van der Waals surface area (Å²) in [4.78, 5) is 7.05. The van der Waals surface area contributed by atoms with Crippen molar-refractivity contribution in [1.82, 2.24) is 25.3 Å². The number of nitrogens with zero attached hydrogens (tertiary/aromatic N) is 4. The first-order valence-electron chi connectivity index (χ1n) is 8.97. The molecule has 2 rings (SSSR count). The summed E-state index contributed by atoms with van der Waals surface area (Å²) >= 11 is 0. The zero-order chi connectivity index (χ0) is 17.4. The third kappa shape index (κ3) is 5.79. The molecule has 1 unspecified atom stereocenters. The van der Waals surface area contributed by atoms with Gasteiger partial charge in [0.25, 0.3) is 0 Å². The van der Waals surface area contributed by atoms with Crippen LogP contribution in [0.5, 0.6) is 0 Å². The van der Waals surface area contributed by atoms with Gasteiger partial charge in [-0.15, -0.1) is 0 Å². The molecule has 1 aromatic rings. The molecule has 3 N–H and O–H groups in total. The average molecular weight is 336 g/mol. The van der Waals surface area contributed by atoms with Crippen molar-refractivity contribution < 1.29 is 5.11 Å². The molecule has 0 saturated carbocycles. The minimum absolute atomic E-state index is 0.292. The third-order valence-electron chi connectivity index (χ3n) is 4.36. The van der Waals surface area contributed by atoms with E-state index in [9.17, 15) is 5.11 Å². The lowest BCUT2D eigenvalue weighted by Gasteiger charge is -2.21. The Morgan fingerprint density at radius 1 is 1.38 bits per heavy atom. The summed E-state index contributed by atoms with van der Waals surface area (Å²) in [6, 6.07) is 0. The molecule has 0 aromatic carbocycles. The van der Waals surface area contributed by atoms with Crippen molar-refractivity contribution in [3.63, 3.8) is 0 Å². The number of aryl methyl sites for hydroxylation is 1. The lowest BCUT2D eigenvalue weighted by Crippen LogP contribution is -2.40. The van der Waals surface area contributed by atoms with E-state index in [1.165, 1.54) is 25.9 Å². The smallest absolute Gasteiger partial charge is 0.191 e. The van der Waals surface area contributed by atoms with Gasteiger partial charge in [-0.25, -0.2) is 4.99 Å². The molecule has 7 nitrogen and oxygen atoms in total. The fraction of sp³-hybridized carbons (Fsp3) is 0.765. The second-order valence-corrected chi connectivity index (χ2v) is 6.70. The number of guanidine groups is 1. The predicted molar refractivity (Wildman–Crippen MR) is 97.1 cm³/mol. The van der Waals surface area contributed by atoms with Crippen LogP contribution in [0.1, 0.15) is 38.7 Å². The van der Waals surface area contributed by atoms with E-state index < -0.39 is 5.60 Å². The molecule has 0 spiro atoms. The van der Waals surface area contributed by atoms with E-state index in [4.69, 9.17) is 0 Å². The summed E-state index contributed by atoms with van der Waals surface area (Å²) in [6.45, 7) is 9.40. The zero-order valence-corrected chi connectivity index (χ0v) is 15.3. The molecule has 7 heteroatoms. The van der Waals surface area contributed by atoms with Gasteiger partial charge in [-0.2, -0.15) is 5.10 Å². The molecule has 1 aliphatic rings. The van der Waals surface area contributed by atoms with Gasteiger partial charge in [0.05, 0.1) is 12.7 Å². The van der Waals surface area contributed by atoms with Crippen LogP contribution in [-0.4, -0.2) is 65.0 Å². The Kier molecular flexibility index (Phi) is 7.05. The number of likely N-dealkylation sites (tertiary alicyclic amines) is 1. The van der Waals surface area contributed by atoms with Gasteiger partial charge in [0.15, 0.2) is 5.96 Å². The van der Waals surface area contributed by atoms with Gasteiger partial charge in [0.2, 0.25) is 0 Å². The van der Waals surface area contributed by atoms with Crippen LogP contribution in [0.4, 0.5) is 0 Å². The molecular formula is C17H32N6O. The molecule has 2 heterocycles. The number of aliphatic hydroxyl groups is 1. The number of aliphatic imine (C=N–C) groups is 1. The van der Waals surface area contributed by atoms with Crippen molar-refractivity contribution in [3.05, 3.63) is 18.0 Å². The Labute approximate surface area is 145 Å². The van der Waals surface area contributed by atoms with Gasteiger partial charge < -0.3 is 20.6 Å². The van der Waals surface area contributed by atoms with Crippen LogP contribution >= 0.6 is 0 Å². The molecule has 1 aliphatic heterocycles. The van der Waals surface area contributed by atoms with Crippen LogP contribution in [0.15, 0.2) is 17.4 Å². The van der Waals surface area contributed by atoms with Gasteiger partial charge in [0, 0.05) is 31.9 Å². The van der Waals surface area contributed by atoms with Crippen molar-refractivity contribution >= 4 is 5.96 Å². The van der Waals surface area contributed by atoms with Crippen molar-refractivity contribution in [2.75, 3.05) is 39.3 Å². The lowest BCUT2D eigenvalue weighted by molar-refractivity contribution is 0.0672. The highest BCUT2D eigenvalue weighted by Crippen LogP contribution is 2.19. The average Bonchev–Trinajstić information content (AvgIpc) is 3.20. The third-order valence-corrected chi connectivity index (χ3v) is 4.36. The molecule has 0 bridgehead atoms. The lowest BCUT2D eigenvalue weighted by atomic mass is 10.0. The summed E-state index contributed by atoms with van der Waals surface area (Å²) in [5.74, 6) is 0.753. The number of nitrogens with one attached hydrogen (secondary N) is 2. The summed E-state index contributed by atoms with van der Waals surface area (Å²) in [5, 5.41) is 21.3. The summed E-state index contributed by atoms with van der Waals surface area (Å²) in [7, 11) is 1.84. The van der Waals surface area contributed by atoms with Gasteiger partial charge in [-0.05, 0) is 52.7 Å². The predicted octanol–water partition coefficient (Wildman–Crippen LogP) is 0.669. The molecule has 136 valence electrons. The minimum Gasteiger partial charge on any atom is -0.383 e. The van der Waals surface area contributed by atoms with Crippen molar-refractivity contribution in [1.29, 1.82) is 0 Å². The number of hydrogen-bond donors (Lipinski definition) is 3. The molecule has 0 aliphatic carbocycles. The Hall–Kier alpha value is -1.60. The normalized spacial score (nSPS) is 18.6. The molecule has 1 atom stereocenters. The van der Waals surface area contributed by atoms with E-state index in [1.54, 1.807) is 17.8 Å². The maximum absolute atomic E-state index is 10.6. The number of rotatable bonds is 8. The molecule has 0 radical (unpaired) electrons. The van der Waals surface area contributed by atoms with Crippen LogP contribution in [0.2, 0.25) is 0 Å². The monoisotopic (exact) mass is 336 g/mol. The Morgan fingerprint density at radius 3 is 2.75 bits per heavy atom. The van der Waals surface area contributed by atoms with E-state index in [-0.39, 0.29) is 0 Å². The summed E-state index contributed by atoms with van der Waals surface area (Å²) in [5.41, 5.74) is -0.245. The van der Waals surface area contributed by atoms with Crippen LogP contribution in [0.25, 0.3) is 0 Å². The largest absolute Gasteiger partial charge is 0.383 e. The van der Waals surface area contributed by atoms with E-state index in [0.29, 0.717) is 6.54 Å². The summed E-state index contributed by atoms with van der Waals surface area (Å²) < 4.78 is 1.69. The van der Waals surface area contributed by atoms with Gasteiger partial charge >= 0.3 is 0 Å². The molecule has 24 heavy (non-hydrogen) atoms. The van der Waals surface area contributed by atoms with Crippen LogP contribution in [0, 0.1) is 0 Å². The first kappa shape index (κ1) is 18.7. The topological polar surface area (TPSA) is 77.7 Å². The Balaban J connectivity index is 1.80. The fourth-order valence-electron chi connectivity index (χ4n) is 2.88. The second-order valence-electron chi connectivity index (χ2n) is 6.70. The highest BCUT2D eigenvalue weighted by Gasteiger charge is 2.24. The maximum Gasteiger partial charge on any atom is 0.191 e. The van der Waals surface area contributed by atoms with E-state index in [1.807, 2.05) is 20.2 Å². The minimum atomic E-state index is -1.02. The number of hydrogen-bond acceptors (Lipinski definition) is 4. The van der Waals surface area contributed by atoms with Crippen molar-refractivity contribution in [2.24, 2.45) is 12.0 Å². The fourth-order valence-corrected chi connectivity index (χ4v) is 2.88. The highest BCUT2D eigenvalue weighted by molar-refractivity contribution is 5.79. The second kappa shape index (κ2) is 9.03. The SMILES string of the molecule is CCNC(=NCC(C)(O)c1cnn(C)c1)NCCCN1CCCC1. The standard InChI is InChI=1S/C17H32N6O/c1-4-18-16(19-8-7-11-23-9-5-6-10-23)20-14-17(2,24)15-12-21-22(3)13-15/h12-13,24H,4-11,14H2,1-3H3,(H2,18,19,20). The molecule has 1 aromatic heterocycles. The van der Waals surface area contributed by atoms with Crippen LogP contribution < -0.4 is 10.6 Å². The Bertz CT molecular complexity index is 519. The van der Waals surface area contributed by atoms with Crippen LogP contribution in [-0.2, 0) is 12.6 Å². The number of aromatic nitrogens is 2. The van der Waals surface area contributed by atoms with Gasteiger partial charge in [0.1, 0.15) is 5.60 Å². The molecule has 1 saturated heterocycles. The van der Waals surface area contributed by atoms with Crippen LogP contribution in [0.3, 0.4) is 0 Å². The highest BCUT2D eigenvalue weighted by atomic mass is 16.3. The first-order chi connectivity index (χ1) is 11.5. The van der Waals surface area contributed by atoms with E-state index in [2.05, 4.69) is 25.6 Å². The van der Waals surface area contributed by atoms with Gasteiger partial charge in [-0.1, -0.05) is 0 Å². The Morgan fingerprint density at radius 2 is 2.12 bits per heavy atom. The quantitative estimate of drug-likeness (QED) is 0.369. The maximum atomic E-state index is 10.6. The van der Waals surface area contributed by atoms with Crippen molar-refractivity contribution in [2.45, 2.75) is 38.7 Å². The summed E-state index contributed by atoms with van der Waals surface area (Å²) in [6.07, 6.45) is 7.28. The van der Waals surface area contributed by atoms with E-state index in [0.717, 1.165) is 37.6 Å². The zero-order valence-electron chi connectivity index (χ0n) is 15.3. The first-order valence-corrected chi connectivity index (χ1v) is 8.97. The van der Waals surface area contributed by atoms with Gasteiger partial charge in [-0.3, -0.25) is 4.68 Å². The molecule has 0 amide bonds. The molecule has 1 fully saturated rings. The van der Waals surface area contributed by atoms with E-state index >= 15 is 0 Å². The van der Waals surface area contributed by atoms with Crippen molar-refractivity contribution in [3.8, 4) is 0 Å².